The van der Waals surface area contributed by atoms with E-state index < -0.39 is 12.0 Å². The van der Waals surface area contributed by atoms with Crippen molar-refractivity contribution in [2.24, 2.45) is 4.99 Å². The Labute approximate surface area is 214 Å². The van der Waals surface area contributed by atoms with Crippen molar-refractivity contribution in [3.05, 3.63) is 88.1 Å². The molecule has 34 heavy (non-hydrogen) atoms. The molecule has 9 heteroatoms. The summed E-state index contributed by atoms with van der Waals surface area (Å²) < 4.78 is 19.5. The zero-order chi connectivity index (χ0) is 24.4. The first kappa shape index (κ1) is 24.2. The van der Waals surface area contributed by atoms with Gasteiger partial charge in [-0.05, 0) is 72.3 Å². The Morgan fingerprint density at radius 1 is 1.18 bits per heavy atom. The monoisotopic (exact) mass is 590 g/mol. The molecule has 0 bridgehead atoms. The number of carbonyl (C=O) groups is 1. The van der Waals surface area contributed by atoms with Crippen LogP contribution in [0.4, 0.5) is 0 Å². The summed E-state index contributed by atoms with van der Waals surface area (Å²) in [4.78, 5) is 31.8. The first-order valence-electron chi connectivity index (χ1n) is 10.5. The Kier molecular flexibility index (Phi) is 7.22. The van der Waals surface area contributed by atoms with Gasteiger partial charge in [0.05, 0.1) is 36.6 Å². The van der Waals surface area contributed by atoms with E-state index in [0.717, 1.165) is 9.13 Å². The Bertz CT molecular complexity index is 1450. The summed E-state index contributed by atoms with van der Waals surface area (Å²) in [6.45, 7) is 3.71. The van der Waals surface area contributed by atoms with Gasteiger partial charge >= 0.3 is 5.97 Å². The van der Waals surface area contributed by atoms with Crippen molar-refractivity contribution in [3.63, 3.8) is 0 Å². The molecule has 0 unspecified atom stereocenters. The molecule has 0 saturated heterocycles. The second-order valence-corrected chi connectivity index (χ2v) is 9.72. The Morgan fingerprint density at radius 3 is 2.56 bits per heavy atom. The maximum absolute atomic E-state index is 13.7. The third-order valence-electron chi connectivity index (χ3n) is 5.42. The standard InChI is InChI=1S/C25H23IN2O5S/c1-5-33-24(30)21-14(2)27-25-28(22(21)18-11-10-17(31-3)13-19(18)32-4)23(29)20(34-25)12-15-6-8-16(26)9-7-15/h6-13,22H,5H2,1-4H3/t22-/m1/s1. The quantitative estimate of drug-likeness (QED) is 0.325. The van der Waals surface area contributed by atoms with Crippen LogP contribution in [0.5, 0.6) is 11.5 Å². The minimum Gasteiger partial charge on any atom is -0.497 e. The fourth-order valence-electron chi connectivity index (χ4n) is 3.84. The summed E-state index contributed by atoms with van der Waals surface area (Å²) in [5.74, 6) is 0.580. The van der Waals surface area contributed by atoms with Crippen LogP contribution in [0.2, 0.25) is 0 Å². The number of allylic oxidation sites excluding steroid dienone is 1. The molecule has 0 aliphatic carbocycles. The van der Waals surface area contributed by atoms with Crippen LogP contribution in [0.15, 0.2) is 63.5 Å². The number of rotatable bonds is 6. The van der Waals surface area contributed by atoms with Crippen LogP contribution in [0.1, 0.15) is 31.0 Å². The number of hydrogen-bond acceptors (Lipinski definition) is 7. The maximum Gasteiger partial charge on any atom is 0.338 e. The first-order valence-corrected chi connectivity index (χ1v) is 12.4. The van der Waals surface area contributed by atoms with Gasteiger partial charge in [-0.1, -0.05) is 23.5 Å². The maximum atomic E-state index is 13.7. The van der Waals surface area contributed by atoms with Gasteiger partial charge in [0.25, 0.3) is 5.56 Å². The summed E-state index contributed by atoms with van der Waals surface area (Å²) in [5, 5.41) is 0. The van der Waals surface area contributed by atoms with E-state index in [2.05, 4.69) is 27.6 Å². The molecule has 1 aliphatic heterocycles. The molecule has 1 aromatic heterocycles. The number of fused-ring (bicyclic) bond motifs is 1. The van der Waals surface area contributed by atoms with Gasteiger partial charge in [0.15, 0.2) is 4.80 Å². The van der Waals surface area contributed by atoms with Crippen molar-refractivity contribution < 1.29 is 19.0 Å². The van der Waals surface area contributed by atoms with E-state index >= 15 is 0 Å². The summed E-state index contributed by atoms with van der Waals surface area (Å²) in [5.41, 5.74) is 2.12. The van der Waals surface area contributed by atoms with E-state index in [4.69, 9.17) is 14.2 Å². The predicted molar refractivity (Wildman–Crippen MR) is 139 cm³/mol. The van der Waals surface area contributed by atoms with Gasteiger partial charge in [-0.25, -0.2) is 9.79 Å². The number of methoxy groups -OCH3 is 2. The van der Waals surface area contributed by atoms with Crippen molar-refractivity contribution >= 4 is 46.0 Å². The van der Waals surface area contributed by atoms with E-state index in [9.17, 15) is 9.59 Å². The average molecular weight is 590 g/mol. The van der Waals surface area contributed by atoms with E-state index in [0.29, 0.717) is 37.7 Å². The van der Waals surface area contributed by atoms with Crippen LogP contribution < -0.4 is 24.4 Å². The molecule has 2 aromatic carbocycles. The fraction of sp³-hybridized carbons (Fsp3) is 0.240. The zero-order valence-electron chi connectivity index (χ0n) is 19.1. The zero-order valence-corrected chi connectivity index (χ0v) is 22.1. The third kappa shape index (κ3) is 4.54. The van der Waals surface area contributed by atoms with Crippen LogP contribution in [0.25, 0.3) is 6.08 Å². The number of benzene rings is 2. The summed E-state index contributed by atoms with van der Waals surface area (Å²) in [6.07, 6.45) is 1.84. The van der Waals surface area contributed by atoms with Gasteiger partial charge in [-0.2, -0.15) is 0 Å². The number of thiazole rings is 1. The van der Waals surface area contributed by atoms with E-state index in [1.54, 1.807) is 50.8 Å². The molecule has 7 nitrogen and oxygen atoms in total. The van der Waals surface area contributed by atoms with Gasteiger partial charge in [0.1, 0.15) is 17.5 Å². The molecule has 0 fully saturated rings. The van der Waals surface area contributed by atoms with Gasteiger partial charge in [0, 0.05) is 15.2 Å². The van der Waals surface area contributed by atoms with Gasteiger partial charge in [-0.3, -0.25) is 9.36 Å². The Balaban J connectivity index is 1.99. The molecular weight excluding hydrogens is 567 g/mol. The summed E-state index contributed by atoms with van der Waals surface area (Å²) in [6, 6.07) is 12.4. The number of nitrogens with zero attached hydrogens (tertiary/aromatic N) is 2. The number of aromatic nitrogens is 1. The topological polar surface area (TPSA) is 79.1 Å². The van der Waals surface area contributed by atoms with Gasteiger partial charge in [-0.15, -0.1) is 0 Å². The second-order valence-electron chi connectivity index (χ2n) is 7.46. The smallest absolute Gasteiger partial charge is 0.338 e. The van der Waals surface area contributed by atoms with Crippen LogP contribution in [-0.4, -0.2) is 31.4 Å². The van der Waals surface area contributed by atoms with Crippen LogP contribution in [-0.2, 0) is 9.53 Å². The number of carbonyl (C=O) groups excluding carboxylic acids is 1. The lowest BCUT2D eigenvalue weighted by molar-refractivity contribution is -0.139. The minimum absolute atomic E-state index is 0.208. The fourth-order valence-corrected chi connectivity index (χ4v) is 5.25. The SMILES string of the molecule is CCOC(=O)C1=C(C)N=c2sc(=Cc3ccc(I)cc3)c(=O)n2[C@@H]1c1ccc(OC)cc1OC. The lowest BCUT2D eigenvalue weighted by atomic mass is 9.95. The molecule has 0 N–H and O–H groups in total. The van der Waals surface area contributed by atoms with E-state index in [1.807, 2.05) is 30.3 Å². The lowest BCUT2D eigenvalue weighted by Gasteiger charge is -2.26. The molecule has 4 rings (SSSR count). The lowest BCUT2D eigenvalue weighted by Crippen LogP contribution is -2.40. The molecule has 1 aliphatic rings. The van der Waals surface area contributed by atoms with E-state index in [-0.39, 0.29) is 12.2 Å². The van der Waals surface area contributed by atoms with Crippen molar-refractivity contribution in [1.82, 2.24) is 4.57 Å². The van der Waals surface area contributed by atoms with Crippen molar-refractivity contribution in [1.29, 1.82) is 0 Å². The second kappa shape index (κ2) is 10.1. The molecular formula is C25H23IN2O5S. The number of ether oxygens (including phenoxy) is 3. The highest BCUT2D eigenvalue weighted by molar-refractivity contribution is 14.1. The van der Waals surface area contributed by atoms with Crippen LogP contribution in [0, 0.1) is 3.57 Å². The largest absolute Gasteiger partial charge is 0.497 e. The van der Waals surface area contributed by atoms with Gasteiger partial charge < -0.3 is 14.2 Å². The first-order chi connectivity index (χ1) is 16.4. The Hall–Kier alpha value is -2.92. The highest BCUT2D eigenvalue weighted by Crippen LogP contribution is 2.37. The highest BCUT2D eigenvalue weighted by atomic mass is 127. The highest BCUT2D eigenvalue weighted by Gasteiger charge is 2.35. The molecule has 3 aromatic rings. The molecule has 176 valence electrons. The normalized spacial score (nSPS) is 15.6. The van der Waals surface area contributed by atoms with Crippen LogP contribution in [0.3, 0.4) is 0 Å². The molecule has 0 saturated carbocycles. The number of esters is 1. The number of hydrogen-bond donors (Lipinski definition) is 0. The minimum atomic E-state index is -0.755. The summed E-state index contributed by atoms with van der Waals surface area (Å²) >= 11 is 3.53. The summed E-state index contributed by atoms with van der Waals surface area (Å²) in [7, 11) is 3.11. The van der Waals surface area contributed by atoms with Crippen molar-refractivity contribution in [2.75, 3.05) is 20.8 Å². The van der Waals surface area contributed by atoms with Gasteiger partial charge in [0.2, 0.25) is 0 Å². The molecule has 0 amide bonds. The van der Waals surface area contributed by atoms with Crippen LogP contribution >= 0.6 is 33.9 Å². The average Bonchev–Trinajstić information content (AvgIpc) is 3.13. The Morgan fingerprint density at radius 2 is 1.91 bits per heavy atom. The van der Waals surface area contributed by atoms with E-state index in [1.165, 1.54) is 11.3 Å². The molecule has 0 radical (unpaired) electrons. The molecule has 0 spiro atoms. The van der Waals surface area contributed by atoms with Crippen molar-refractivity contribution in [3.8, 4) is 11.5 Å². The third-order valence-corrected chi connectivity index (χ3v) is 7.12. The molecule has 2 heterocycles. The van der Waals surface area contributed by atoms with Crippen molar-refractivity contribution in [2.45, 2.75) is 19.9 Å². The predicted octanol–water partition coefficient (Wildman–Crippen LogP) is 3.42. The molecule has 1 atom stereocenters. The number of halogens is 1.